The number of nitrogens with zero attached hydrogens (tertiary/aromatic N) is 3. The van der Waals surface area contributed by atoms with Gasteiger partial charge in [0.15, 0.2) is 0 Å². The predicted octanol–water partition coefficient (Wildman–Crippen LogP) is 3.14. The number of benzene rings is 1. The second kappa shape index (κ2) is 9.82. The minimum absolute atomic E-state index is 0.108. The first kappa shape index (κ1) is 22.4. The maximum absolute atomic E-state index is 13.8. The molecule has 4 aliphatic heterocycles. The Hall–Kier alpha value is -1.43. The molecule has 0 saturated carbocycles. The van der Waals surface area contributed by atoms with Crippen LogP contribution in [0.3, 0.4) is 0 Å². The Morgan fingerprint density at radius 1 is 1.03 bits per heavy atom. The molecule has 1 amide bonds. The third-order valence-electron chi connectivity index (χ3n) is 8.79. The van der Waals surface area contributed by atoms with Crippen LogP contribution in [-0.4, -0.2) is 79.0 Å². The molecule has 32 heavy (non-hydrogen) atoms. The summed E-state index contributed by atoms with van der Waals surface area (Å²) in [7, 11) is 2.18. The summed E-state index contributed by atoms with van der Waals surface area (Å²) in [5.74, 6) is 1.42. The van der Waals surface area contributed by atoms with Crippen molar-refractivity contribution < 1.29 is 4.79 Å². The van der Waals surface area contributed by atoms with Crippen LogP contribution in [0, 0.1) is 11.8 Å². The molecule has 4 aliphatic rings. The van der Waals surface area contributed by atoms with Crippen molar-refractivity contribution in [2.75, 3.05) is 52.9 Å². The molecule has 1 aromatic carbocycles. The summed E-state index contributed by atoms with van der Waals surface area (Å²) in [6.07, 6.45) is 9.54. The van der Waals surface area contributed by atoms with E-state index in [1.165, 1.54) is 56.3 Å². The first-order valence-electron chi connectivity index (χ1n) is 13.1. The zero-order chi connectivity index (χ0) is 22.0. The van der Waals surface area contributed by atoms with Crippen molar-refractivity contribution in [1.82, 2.24) is 20.0 Å². The van der Waals surface area contributed by atoms with Gasteiger partial charge in [-0.3, -0.25) is 9.69 Å². The number of hydrogen-bond acceptors (Lipinski definition) is 4. The van der Waals surface area contributed by atoms with Crippen LogP contribution in [0.4, 0.5) is 0 Å². The number of fused-ring (bicyclic) bond motifs is 1. The van der Waals surface area contributed by atoms with Crippen molar-refractivity contribution in [1.29, 1.82) is 0 Å². The van der Waals surface area contributed by atoms with Gasteiger partial charge in [0.2, 0.25) is 5.91 Å². The molecule has 0 aromatic heterocycles. The summed E-state index contributed by atoms with van der Waals surface area (Å²) in [6, 6.07) is 8.95. The van der Waals surface area contributed by atoms with Crippen molar-refractivity contribution in [2.24, 2.45) is 11.8 Å². The molecule has 0 aliphatic carbocycles. The fourth-order valence-electron chi connectivity index (χ4n) is 6.77. The summed E-state index contributed by atoms with van der Waals surface area (Å²) in [4.78, 5) is 21.3. The molecular weight excluding hydrogens is 396 g/mol. The number of rotatable bonds is 3. The van der Waals surface area contributed by atoms with Crippen LogP contribution in [0.25, 0.3) is 0 Å². The highest BCUT2D eigenvalue weighted by Crippen LogP contribution is 2.38. The summed E-state index contributed by atoms with van der Waals surface area (Å²) in [5.41, 5.74) is 2.96. The Morgan fingerprint density at radius 2 is 1.78 bits per heavy atom. The Kier molecular flexibility index (Phi) is 6.87. The molecule has 0 bridgehead atoms. The van der Waals surface area contributed by atoms with E-state index in [4.69, 9.17) is 0 Å². The lowest BCUT2D eigenvalue weighted by Crippen LogP contribution is -2.60. The smallest absolute Gasteiger partial charge is 0.226 e. The topological polar surface area (TPSA) is 38.8 Å². The van der Waals surface area contributed by atoms with Gasteiger partial charge in [-0.1, -0.05) is 30.7 Å². The number of likely N-dealkylation sites (tertiary alicyclic amines) is 2. The average molecular weight is 439 g/mol. The lowest BCUT2D eigenvalue weighted by atomic mass is 9.79. The van der Waals surface area contributed by atoms with Gasteiger partial charge in [0.25, 0.3) is 0 Å². The van der Waals surface area contributed by atoms with Crippen LogP contribution in [-0.2, 0) is 17.8 Å². The van der Waals surface area contributed by atoms with E-state index in [0.29, 0.717) is 5.91 Å². The molecule has 5 nitrogen and oxygen atoms in total. The maximum atomic E-state index is 13.8. The number of hydrogen-bond donors (Lipinski definition) is 1. The lowest BCUT2D eigenvalue weighted by molar-refractivity contribution is -0.140. The zero-order valence-electron chi connectivity index (χ0n) is 20.0. The van der Waals surface area contributed by atoms with E-state index in [0.717, 1.165) is 64.4 Å². The molecule has 5 heteroatoms. The standard InChI is InChI=1S/C27H42N4O/c1-29-16-10-23(11-17-29)26(32)30-20-25-7-3-2-6-24(25)18-27(21-30)12-4-5-15-31(27)19-22-8-13-28-14-9-22/h2-3,6-7,22-23,28H,4-5,8-21H2,1H3. The SMILES string of the molecule is CN1CCC(C(=O)N2Cc3ccccc3CC3(CCCCN3CC3CCNCC3)C2)CC1. The molecule has 1 N–H and O–H groups in total. The first-order chi connectivity index (χ1) is 15.6. The molecule has 1 unspecified atom stereocenters. The minimum Gasteiger partial charge on any atom is -0.336 e. The normalized spacial score (nSPS) is 29.1. The number of carbonyl (C=O) groups is 1. The summed E-state index contributed by atoms with van der Waals surface area (Å²) < 4.78 is 0. The lowest BCUT2D eigenvalue weighted by Gasteiger charge is -2.50. The Balaban J connectivity index is 1.42. The van der Waals surface area contributed by atoms with E-state index in [2.05, 4.69) is 51.3 Å². The molecule has 3 fully saturated rings. The largest absolute Gasteiger partial charge is 0.336 e. The quantitative estimate of drug-likeness (QED) is 0.787. The van der Waals surface area contributed by atoms with Crippen molar-refractivity contribution in [2.45, 2.75) is 63.5 Å². The van der Waals surface area contributed by atoms with Crippen LogP contribution in [0.1, 0.15) is 56.1 Å². The van der Waals surface area contributed by atoms with E-state index < -0.39 is 0 Å². The van der Waals surface area contributed by atoms with Crippen LogP contribution in [0.2, 0.25) is 0 Å². The molecule has 0 radical (unpaired) electrons. The van der Waals surface area contributed by atoms with E-state index >= 15 is 0 Å². The number of piperidine rings is 3. The second-order valence-corrected chi connectivity index (χ2v) is 11.0. The van der Waals surface area contributed by atoms with Gasteiger partial charge in [0.1, 0.15) is 0 Å². The van der Waals surface area contributed by atoms with E-state index in [-0.39, 0.29) is 11.5 Å². The Morgan fingerprint density at radius 3 is 2.56 bits per heavy atom. The molecule has 176 valence electrons. The van der Waals surface area contributed by atoms with Gasteiger partial charge in [0.05, 0.1) is 0 Å². The van der Waals surface area contributed by atoms with Crippen LogP contribution >= 0.6 is 0 Å². The number of nitrogens with one attached hydrogen (secondary N) is 1. The maximum Gasteiger partial charge on any atom is 0.226 e. The van der Waals surface area contributed by atoms with E-state index in [1.54, 1.807) is 0 Å². The zero-order valence-corrected chi connectivity index (χ0v) is 20.0. The van der Waals surface area contributed by atoms with Crippen molar-refractivity contribution in [3.05, 3.63) is 35.4 Å². The fraction of sp³-hybridized carbons (Fsp3) is 0.741. The van der Waals surface area contributed by atoms with Crippen LogP contribution in [0.5, 0.6) is 0 Å². The number of carbonyl (C=O) groups excluding carboxylic acids is 1. The van der Waals surface area contributed by atoms with E-state index in [1.807, 2.05) is 0 Å². The molecule has 4 heterocycles. The Bertz CT molecular complexity index is 784. The highest BCUT2D eigenvalue weighted by Gasteiger charge is 2.44. The van der Waals surface area contributed by atoms with Gasteiger partial charge in [-0.2, -0.15) is 0 Å². The van der Waals surface area contributed by atoms with Gasteiger partial charge < -0.3 is 15.1 Å². The highest BCUT2D eigenvalue weighted by molar-refractivity contribution is 5.79. The molecule has 1 atom stereocenters. The van der Waals surface area contributed by atoms with Crippen molar-refractivity contribution in [3.63, 3.8) is 0 Å². The van der Waals surface area contributed by atoms with Crippen molar-refractivity contribution in [3.8, 4) is 0 Å². The number of amides is 1. The summed E-state index contributed by atoms with van der Waals surface area (Å²) in [5, 5.41) is 3.53. The monoisotopic (exact) mass is 438 g/mol. The van der Waals surface area contributed by atoms with Crippen LogP contribution in [0.15, 0.2) is 24.3 Å². The Labute approximate surface area is 194 Å². The molecule has 3 saturated heterocycles. The highest BCUT2D eigenvalue weighted by atomic mass is 16.2. The molecular formula is C27H42N4O. The second-order valence-electron chi connectivity index (χ2n) is 11.0. The third-order valence-corrected chi connectivity index (χ3v) is 8.79. The first-order valence-corrected chi connectivity index (χ1v) is 13.1. The average Bonchev–Trinajstić information content (AvgIpc) is 2.98. The van der Waals surface area contributed by atoms with Gasteiger partial charge in [0, 0.05) is 31.1 Å². The summed E-state index contributed by atoms with van der Waals surface area (Å²) in [6.45, 7) is 8.54. The third kappa shape index (κ3) is 4.76. The predicted molar refractivity (Wildman–Crippen MR) is 130 cm³/mol. The molecule has 1 aromatic rings. The van der Waals surface area contributed by atoms with Gasteiger partial charge in [-0.15, -0.1) is 0 Å². The minimum atomic E-state index is 0.108. The van der Waals surface area contributed by atoms with Gasteiger partial charge in [-0.05, 0) is 102 Å². The molecule has 5 rings (SSSR count). The fourth-order valence-corrected chi connectivity index (χ4v) is 6.77. The molecule has 1 spiro atoms. The van der Waals surface area contributed by atoms with E-state index in [9.17, 15) is 4.79 Å². The van der Waals surface area contributed by atoms with Gasteiger partial charge in [-0.25, -0.2) is 0 Å². The van der Waals surface area contributed by atoms with Crippen molar-refractivity contribution >= 4 is 5.91 Å². The summed E-state index contributed by atoms with van der Waals surface area (Å²) >= 11 is 0. The van der Waals surface area contributed by atoms with Crippen LogP contribution < -0.4 is 5.32 Å². The van der Waals surface area contributed by atoms with Gasteiger partial charge >= 0.3 is 0 Å².